The lowest BCUT2D eigenvalue weighted by Crippen LogP contribution is -2.45. The average Bonchev–Trinajstić information content (AvgIpc) is 2.37. The lowest BCUT2D eigenvalue weighted by atomic mass is 9.94. The lowest BCUT2D eigenvalue weighted by molar-refractivity contribution is -0.0615. The third-order valence-electron chi connectivity index (χ3n) is 3.31. The molecular weight excluding hydrogens is 242 g/mol. The van der Waals surface area contributed by atoms with Crippen LogP contribution < -0.4 is 10.6 Å². The van der Waals surface area contributed by atoms with Crippen LogP contribution in [0.15, 0.2) is 18.3 Å². The minimum atomic E-state index is -0.162. The summed E-state index contributed by atoms with van der Waals surface area (Å²) in [4.78, 5) is 16.3. The molecule has 5 heteroatoms. The minimum Gasteiger partial charge on any atom is -0.375 e. The first-order chi connectivity index (χ1) is 9.00. The van der Waals surface area contributed by atoms with Gasteiger partial charge >= 0.3 is 0 Å². The largest absolute Gasteiger partial charge is 0.375 e. The van der Waals surface area contributed by atoms with Gasteiger partial charge in [0.15, 0.2) is 0 Å². The summed E-state index contributed by atoms with van der Waals surface area (Å²) in [5, 5.41) is 5.97. The molecule has 0 aliphatic carbocycles. The van der Waals surface area contributed by atoms with E-state index in [-0.39, 0.29) is 17.6 Å². The van der Waals surface area contributed by atoms with Gasteiger partial charge in [0.05, 0.1) is 11.2 Å². The SMILES string of the molecule is CNc1ccc(C(=O)NC2CCOC(C)(C)C2)cn1. The number of anilines is 1. The molecule has 19 heavy (non-hydrogen) atoms. The van der Waals surface area contributed by atoms with Crippen molar-refractivity contribution in [2.75, 3.05) is 19.0 Å². The summed E-state index contributed by atoms with van der Waals surface area (Å²) in [7, 11) is 1.80. The van der Waals surface area contributed by atoms with Crippen LogP contribution in [0.3, 0.4) is 0 Å². The van der Waals surface area contributed by atoms with E-state index in [2.05, 4.69) is 29.5 Å². The molecule has 0 radical (unpaired) electrons. The molecule has 1 atom stereocenters. The molecule has 1 aliphatic rings. The first-order valence-corrected chi connectivity index (χ1v) is 6.59. The second kappa shape index (κ2) is 5.57. The summed E-state index contributed by atoms with van der Waals surface area (Å²) in [6, 6.07) is 3.74. The zero-order valence-electron chi connectivity index (χ0n) is 11.7. The zero-order valence-corrected chi connectivity index (χ0v) is 11.7. The van der Waals surface area contributed by atoms with Gasteiger partial charge in [-0.3, -0.25) is 4.79 Å². The van der Waals surface area contributed by atoms with Crippen LogP contribution in [0.5, 0.6) is 0 Å². The Kier molecular flexibility index (Phi) is 4.04. The van der Waals surface area contributed by atoms with Crippen LogP contribution in [0.4, 0.5) is 5.82 Å². The number of nitrogens with one attached hydrogen (secondary N) is 2. The highest BCUT2D eigenvalue weighted by atomic mass is 16.5. The van der Waals surface area contributed by atoms with Crippen molar-refractivity contribution in [3.63, 3.8) is 0 Å². The molecule has 1 aromatic rings. The number of aromatic nitrogens is 1. The first kappa shape index (κ1) is 13.8. The normalized spacial score (nSPS) is 21.7. The molecule has 2 N–H and O–H groups in total. The van der Waals surface area contributed by atoms with Gasteiger partial charge in [0.2, 0.25) is 0 Å². The highest BCUT2D eigenvalue weighted by molar-refractivity contribution is 5.94. The second-order valence-electron chi connectivity index (χ2n) is 5.45. The molecule has 2 heterocycles. The molecule has 1 fully saturated rings. The molecule has 104 valence electrons. The van der Waals surface area contributed by atoms with Crippen molar-refractivity contribution in [1.82, 2.24) is 10.3 Å². The second-order valence-corrected chi connectivity index (χ2v) is 5.45. The number of carbonyl (C=O) groups excluding carboxylic acids is 1. The number of hydrogen-bond acceptors (Lipinski definition) is 4. The van der Waals surface area contributed by atoms with Crippen molar-refractivity contribution in [2.45, 2.75) is 38.3 Å². The predicted molar refractivity (Wildman–Crippen MR) is 74.3 cm³/mol. The van der Waals surface area contributed by atoms with Crippen LogP contribution in [0, 0.1) is 0 Å². The van der Waals surface area contributed by atoms with Crippen LogP contribution in [0.25, 0.3) is 0 Å². The standard InChI is InChI=1S/C14H21N3O2/c1-14(2)8-11(6-7-19-14)17-13(18)10-4-5-12(15-3)16-9-10/h4-5,9,11H,6-8H2,1-3H3,(H,15,16)(H,17,18). The summed E-state index contributed by atoms with van der Waals surface area (Å²) in [5.74, 6) is 0.682. The van der Waals surface area contributed by atoms with E-state index in [1.807, 2.05) is 0 Å². The van der Waals surface area contributed by atoms with Crippen molar-refractivity contribution < 1.29 is 9.53 Å². The fourth-order valence-corrected chi connectivity index (χ4v) is 2.30. The van der Waals surface area contributed by atoms with Crippen molar-refractivity contribution in [2.24, 2.45) is 0 Å². The third kappa shape index (κ3) is 3.67. The van der Waals surface area contributed by atoms with Crippen molar-refractivity contribution in [1.29, 1.82) is 0 Å². The Morgan fingerprint density at radius 3 is 2.84 bits per heavy atom. The van der Waals surface area contributed by atoms with Crippen LogP contribution in [0.1, 0.15) is 37.0 Å². The van der Waals surface area contributed by atoms with Gasteiger partial charge in [-0.15, -0.1) is 0 Å². The maximum absolute atomic E-state index is 12.1. The quantitative estimate of drug-likeness (QED) is 0.873. The molecule has 1 unspecified atom stereocenters. The van der Waals surface area contributed by atoms with Gasteiger partial charge in [0, 0.05) is 25.9 Å². The molecule has 1 aromatic heterocycles. The van der Waals surface area contributed by atoms with E-state index in [1.54, 1.807) is 25.4 Å². The molecule has 1 aliphatic heterocycles. The molecule has 1 saturated heterocycles. The van der Waals surface area contributed by atoms with Crippen LogP contribution in [0.2, 0.25) is 0 Å². The van der Waals surface area contributed by atoms with E-state index >= 15 is 0 Å². The number of pyridine rings is 1. The van der Waals surface area contributed by atoms with Crippen LogP contribution >= 0.6 is 0 Å². The molecule has 2 rings (SSSR count). The molecule has 0 aromatic carbocycles. The Balaban J connectivity index is 1.96. The van der Waals surface area contributed by atoms with Gasteiger partial charge in [-0.05, 0) is 38.8 Å². The van der Waals surface area contributed by atoms with Crippen molar-refractivity contribution in [3.05, 3.63) is 23.9 Å². The number of rotatable bonds is 3. The highest BCUT2D eigenvalue weighted by Gasteiger charge is 2.29. The summed E-state index contributed by atoms with van der Waals surface area (Å²) in [6.45, 7) is 4.79. The number of ether oxygens (including phenoxy) is 1. The summed E-state index contributed by atoms with van der Waals surface area (Å²) >= 11 is 0. The van der Waals surface area contributed by atoms with E-state index in [4.69, 9.17) is 4.74 Å². The Morgan fingerprint density at radius 1 is 1.47 bits per heavy atom. The maximum atomic E-state index is 12.1. The third-order valence-corrected chi connectivity index (χ3v) is 3.31. The van der Waals surface area contributed by atoms with Gasteiger partial charge < -0.3 is 15.4 Å². The van der Waals surface area contributed by atoms with E-state index in [1.165, 1.54) is 0 Å². The summed E-state index contributed by atoms with van der Waals surface area (Å²) < 4.78 is 5.64. The molecule has 5 nitrogen and oxygen atoms in total. The van der Waals surface area contributed by atoms with Crippen LogP contribution in [-0.4, -0.2) is 36.2 Å². The monoisotopic (exact) mass is 263 g/mol. The van der Waals surface area contributed by atoms with E-state index < -0.39 is 0 Å². The first-order valence-electron chi connectivity index (χ1n) is 6.59. The van der Waals surface area contributed by atoms with E-state index in [0.29, 0.717) is 12.2 Å². The Hall–Kier alpha value is -1.62. The lowest BCUT2D eigenvalue weighted by Gasteiger charge is -2.35. The number of carbonyl (C=O) groups is 1. The Bertz CT molecular complexity index is 443. The maximum Gasteiger partial charge on any atom is 0.253 e. The zero-order chi connectivity index (χ0) is 13.9. The minimum absolute atomic E-state index is 0.0714. The molecule has 0 saturated carbocycles. The molecular formula is C14H21N3O2. The molecule has 1 amide bonds. The summed E-state index contributed by atoms with van der Waals surface area (Å²) in [5.41, 5.74) is 0.424. The predicted octanol–water partition coefficient (Wildman–Crippen LogP) is 1.81. The highest BCUT2D eigenvalue weighted by Crippen LogP contribution is 2.24. The Labute approximate surface area is 113 Å². The Morgan fingerprint density at radius 2 is 2.26 bits per heavy atom. The fraction of sp³-hybridized carbons (Fsp3) is 0.571. The fourth-order valence-electron chi connectivity index (χ4n) is 2.30. The van der Waals surface area contributed by atoms with Gasteiger partial charge in [0.25, 0.3) is 5.91 Å². The van der Waals surface area contributed by atoms with Crippen molar-refractivity contribution in [3.8, 4) is 0 Å². The van der Waals surface area contributed by atoms with Crippen molar-refractivity contribution >= 4 is 11.7 Å². The number of nitrogens with zero attached hydrogens (tertiary/aromatic N) is 1. The topological polar surface area (TPSA) is 63.2 Å². The van der Waals surface area contributed by atoms with E-state index in [0.717, 1.165) is 18.7 Å². The van der Waals surface area contributed by atoms with Gasteiger partial charge in [-0.25, -0.2) is 4.98 Å². The average molecular weight is 263 g/mol. The van der Waals surface area contributed by atoms with Crippen LogP contribution in [-0.2, 0) is 4.74 Å². The molecule has 0 bridgehead atoms. The number of amides is 1. The van der Waals surface area contributed by atoms with E-state index in [9.17, 15) is 4.79 Å². The molecule has 0 spiro atoms. The van der Waals surface area contributed by atoms with Gasteiger partial charge in [0.1, 0.15) is 5.82 Å². The number of hydrogen-bond donors (Lipinski definition) is 2. The summed E-state index contributed by atoms with van der Waals surface area (Å²) in [6.07, 6.45) is 3.28. The van der Waals surface area contributed by atoms with Gasteiger partial charge in [-0.1, -0.05) is 0 Å². The van der Waals surface area contributed by atoms with Gasteiger partial charge in [-0.2, -0.15) is 0 Å². The smallest absolute Gasteiger partial charge is 0.253 e.